The van der Waals surface area contributed by atoms with Gasteiger partial charge in [0, 0.05) is 34.9 Å². The molecule has 2 amide bonds. The summed E-state index contributed by atoms with van der Waals surface area (Å²) in [5.41, 5.74) is 5.14. The lowest BCUT2D eigenvalue weighted by Crippen LogP contribution is -2.43. The molecule has 6 nitrogen and oxygen atoms in total. The van der Waals surface area contributed by atoms with Crippen molar-refractivity contribution in [2.75, 3.05) is 26.1 Å². The molecule has 1 aliphatic heterocycles. The maximum absolute atomic E-state index is 13.4. The Morgan fingerprint density at radius 2 is 1.75 bits per heavy atom. The molecule has 3 aromatic carbocycles. The predicted molar refractivity (Wildman–Crippen MR) is 126 cm³/mol. The van der Waals surface area contributed by atoms with Crippen LogP contribution in [0.5, 0.6) is 11.5 Å². The van der Waals surface area contributed by atoms with Gasteiger partial charge in [-0.1, -0.05) is 36.4 Å². The van der Waals surface area contributed by atoms with Crippen molar-refractivity contribution in [3.63, 3.8) is 0 Å². The Morgan fingerprint density at radius 3 is 2.53 bits per heavy atom. The van der Waals surface area contributed by atoms with Gasteiger partial charge < -0.3 is 24.7 Å². The molecule has 6 heteroatoms. The molecule has 0 aliphatic carbocycles. The number of rotatable bonds is 4. The molecular weight excluding hydrogens is 402 g/mol. The first-order valence-corrected chi connectivity index (χ1v) is 10.6. The molecule has 1 unspecified atom stereocenters. The number of nitrogens with one attached hydrogen (secondary N) is 2. The standard InChI is InChI=1S/C26H25N3O3/c1-31-19-12-10-17(11-13-19)25-24-22(21-8-3-4-9-23(21)28-24)14-15-29(25)26(30)27-18-6-5-7-20(16-18)32-2/h3-13,16,25,28H,14-15H2,1-2H3,(H,27,30). The predicted octanol–water partition coefficient (Wildman–Crippen LogP) is 5.36. The zero-order valence-corrected chi connectivity index (χ0v) is 18.1. The van der Waals surface area contributed by atoms with Gasteiger partial charge in [-0.25, -0.2) is 4.79 Å². The van der Waals surface area contributed by atoms with E-state index in [0.29, 0.717) is 18.0 Å². The fourth-order valence-electron chi connectivity index (χ4n) is 4.49. The molecule has 0 spiro atoms. The highest BCUT2D eigenvalue weighted by molar-refractivity contribution is 5.91. The van der Waals surface area contributed by atoms with Crippen LogP contribution in [0.3, 0.4) is 0 Å². The monoisotopic (exact) mass is 427 g/mol. The zero-order valence-electron chi connectivity index (χ0n) is 18.1. The summed E-state index contributed by atoms with van der Waals surface area (Å²) in [5.74, 6) is 1.49. The van der Waals surface area contributed by atoms with Crippen LogP contribution in [0, 0.1) is 0 Å². The lowest BCUT2D eigenvalue weighted by Gasteiger charge is -2.36. The van der Waals surface area contributed by atoms with Crippen molar-refractivity contribution in [1.82, 2.24) is 9.88 Å². The molecule has 2 heterocycles. The van der Waals surface area contributed by atoms with Crippen LogP contribution in [0.15, 0.2) is 72.8 Å². The second kappa shape index (κ2) is 8.30. The molecule has 1 aromatic heterocycles. The number of carbonyl (C=O) groups is 1. The Hall–Kier alpha value is -3.93. The van der Waals surface area contributed by atoms with E-state index < -0.39 is 0 Å². The highest BCUT2D eigenvalue weighted by atomic mass is 16.5. The van der Waals surface area contributed by atoms with E-state index in [9.17, 15) is 4.79 Å². The van der Waals surface area contributed by atoms with Gasteiger partial charge in [0.15, 0.2) is 0 Å². The third kappa shape index (κ3) is 3.54. The van der Waals surface area contributed by atoms with Crippen molar-refractivity contribution in [1.29, 1.82) is 0 Å². The third-order valence-electron chi connectivity index (χ3n) is 6.05. The number of hydrogen-bond acceptors (Lipinski definition) is 3. The minimum Gasteiger partial charge on any atom is -0.497 e. The highest BCUT2D eigenvalue weighted by Gasteiger charge is 2.34. The number of nitrogens with zero attached hydrogens (tertiary/aromatic N) is 1. The lowest BCUT2D eigenvalue weighted by molar-refractivity contribution is 0.193. The van der Waals surface area contributed by atoms with Gasteiger partial charge in [0.25, 0.3) is 0 Å². The van der Waals surface area contributed by atoms with Crippen LogP contribution in [0.2, 0.25) is 0 Å². The van der Waals surface area contributed by atoms with E-state index in [1.807, 2.05) is 59.5 Å². The maximum atomic E-state index is 13.4. The van der Waals surface area contributed by atoms with E-state index in [-0.39, 0.29) is 12.1 Å². The number of amides is 2. The van der Waals surface area contributed by atoms with Crippen molar-refractivity contribution < 1.29 is 14.3 Å². The van der Waals surface area contributed by atoms with Crippen LogP contribution >= 0.6 is 0 Å². The van der Waals surface area contributed by atoms with E-state index in [2.05, 4.69) is 28.5 Å². The van der Waals surface area contributed by atoms with E-state index in [4.69, 9.17) is 9.47 Å². The molecule has 0 saturated heterocycles. The van der Waals surface area contributed by atoms with Crippen LogP contribution in [0.25, 0.3) is 10.9 Å². The molecule has 5 rings (SSSR count). The first-order chi connectivity index (χ1) is 15.7. The first kappa shape index (κ1) is 20.0. The van der Waals surface area contributed by atoms with Crippen molar-refractivity contribution in [3.8, 4) is 11.5 Å². The van der Waals surface area contributed by atoms with Crippen molar-refractivity contribution in [2.45, 2.75) is 12.5 Å². The number of H-pyrrole nitrogens is 1. The summed E-state index contributed by atoms with van der Waals surface area (Å²) in [4.78, 5) is 18.9. The number of fused-ring (bicyclic) bond motifs is 3. The Labute approximate surface area is 186 Å². The Bertz CT molecular complexity index is 1260. The molecule has 1 atom stereocenters. The number of carbonyl (C=O) groups excluding carboxylic acids is 1. The van der Waals surface area contributed by atoms with E-state index in [1.54, 1.807) is 14.2 Å². The SMILES string of the molecule is COc1ccc(C2c3[nH]c4ccccc4c3CCN2C(=O)Nc2cccc(OC)c2)cc1. The molecule has 4 aromatic rings. The summed E-state index contributed by atoms with van der Waals surface area (Å²) in [6.07, 6.45) is 0.789. The maximum Gasteiger partial charge on any atom is 0.322 e. The Balaban J connectivity index is 1.55. The minimum atomic E-state index is -0.234. The molecule has 0 bridgehead atoms. The van der Waals surface area contributed by atoms with Gasteiger partial charge in [-0.15, -0.1) is 0 Å². The van der Waals surface area contributed by atoms with Crippen LogP contribution < -0.4 is 14.8 Å². The summed E-state index contributed by atoms with van der Waals surface area (Å²) in [7, 11) is 3.27. The number of anilines is 1. The molecular formula is C26H25N3O3. The van der Waals surface area contributed by atoms with Crippen molar-refractivity contribution in [3.05, 3.63) is 89.6 Å². The average molecular weight is 428 g/mol. The quantitative estimate of drug-likeness (QED) is 0.460. The lowest BCUT2D eigenvalue weighted by atomic mass is 9.92. The molecule has 0 fully saturated rings. The van der Waals surface area contributed by atoms with Crippen LogP contribution in [-0.2, 0) is 6.42 Å². The highest BCUT2D eigenvalue weighted by Crippen LogP contribution is 2.39. The number of aromatic nitrogens is 1. The van der Waals surface area contributed by atoms with Crippen LogP contribution in [0.1, 0.15) is 22.9 Å². The molecule has 0 saturated carbocycles. The van der Waals surface area contributed by atoms with E-state index in [1.165, 1.54) is 10.9 Å². The normalized spacial score (nSPS) is 15.3. The fraction of sp³-hybridized carbons (Fsp3) is 0.192. The second-order valence-electron chi connectivity index (χ2n) is 7.84. The van der Waals surface area contributed by atoms with Crippen molar-refractivity contribution >= 4 is 22.6 Å². The number of benzene rings is 3. The first-order valence-electron chi connectivity index (χ1n) is 10.6. The van der Waals surface area contributed by atoms with Gasteiger partial charge in [0.1, 0.15) is 11.5 Å². The summed E-state index contributed by atoms with van der Waals surface area (Å²) in [6.45, 7) is 0.612. The van der Waals surface area contributed by atoms with Gasteiger partial charge in [0.2, 0.25) is 0 Å². The fourth-order valence-corrected chi connectivity index (χ4v) is 4.49. The number of ether oxygens (including phenoxy) is 2. The second-order valence-corrected chi connectivity index (χ2v) is 7.84. The van der Waals surface area contributed by atoms with Gasteiger partial charge in [0.05, 0.1) is 20.3 Å². The number of aromatic amines is 1. The molecule has 0 radical (unpaired) electrons. The van der Waals surface area contributed by atoms with Gasteiger partial charge in [-0.05, 0) is 47.9 Å². The van der Waals surface area contributed by atoms with Gasteiger partial charge >= 0.3 is 6.03 Å². The van der Waals surface area contributed by atoms with E-state index >= 15 is 0 Å². The number of para-hydroxylation sites is 1. The van der Waals surface area contributed by atoms with E-state index in [0.717, 1.165) is 28.9 Å². The smallest absolute Gasteiger partial charge is 0.322 e. The number of methoxy groups -OCH3 is 2. The number of hydrogen-bond donors (Lipinski definition) is 2. The average Bonchev–Trinajstić information content (AvgIpc) is 3.22. The summed E-state index contributed by atoms with van der Waals surface area (Å²) in [5, 5.41) is 4.26. The minimum absolute atomic E-state index is 0.150. The molecule has 162 valence electrons. The summed E-state index contributed by atoms with van der Waals surface area (Å²) < 4.78 is 10.6. The Kier molecular flexibility index (Phi) is 5.19. The van der Waals surface area contributed by atoms with Gasteiger partial charge in [-0.2, -0.15) is 0 Å². The largest absolute Gasteiger partial charge is 0.497 e. The third-order valence-corrected chi connectivity index (χ3v) is 6.05. The summed E-state index contributed by atoms with van der Waals surface area (Å²) >= 11 is 0. The van der Waals surface area contributed by atoms with Crippen molar-refractivity contribution in [2.24, 2.45) is 0 Å². The topological polar surface area (TPSA) is 66.6 Å². The molecule has 32 heavy (non-hydrogen) atoms. The number of urea groups is 1. The van der Waals surface area contributed by atoms with Crippen LogP contribution in [-0.4, -0.2) is 36.7 Å². The Morgan fingerprint density at radius 1 is 0.969 bits per heavy atom. The van der Waals surface area contributed by atoms with Crippen LogP contribution in [0.4, 0.5) is 10.5 Å². The molecule has 2 N–H and O–H groups in total. The van der Waals surface area contributed by atoms with Gasteiger partial charge in [-0.3, -0.25) is 0 Å². The molecule has 1 aliphatic rings. The summed E-state index contributed by atoms with van der Waals surface area (Å²) in [6, 6.07) is 23.2. The zero-order chi connectivity index (χ0) is 22.1.